The maximum Gasteiger partial charge on any atom is 0.222 e. The van der Waals surface area contributed by atoms with Crippen LogP contribution in [0.25, 0.3) is 0 Å². The maximum absolute atomic E-state index is 11.9. The van der Waals surface area contributed by atoms with Crippen molar-refractivity contribution in [1.29, 1.82) is 0 Å². The molecule has 0 unspecified atom stereocenters. The smallest absolute Gasteiger partial charge is 0.222 e. The molecule has 4 nitrogen and oxygen atoms in total. The number of rotatable bonds is 6. The van der Waals surface area contributed by atoms with Crippen molar-refractivity contribution >= 4 is 18.3 Å². The Hall–Kier alpha value is -0.580. The molecule has 0 aromatic rings. The van der Waals surface area contributed by atoms with E-state index in [0.717, 1.165) is 32.6 Å². The van der Waals surface area contributed by atoms with E-state index in [9.17, 15) is 4.79 Å². The highest BCUT2D eigenvalue weighted by Gasteiger charge is 2.37. The molecule has 5 heteroatoms. The normalized spacial score (nSPS) is 25.7. The fourth-order valence-electron chi connectivity index (χ4n) is 2.71. The average molecular weight is 275 g/mol. The Balaban J connectivity index is 0.00000162. The molecular formula is C13H23ClN2O2. The Morgan fingerprint density at radius 2 is 2.06 bits per heavy atom. The van der Waals surface area contributed by atoms with Gasteiger partial charge in [-0.25, -0.2) is 0 Å². The van der Waals surface area contributed by atoms with E-state index in [4.69, 9.17) is 4.74 Å². The summed E-state index contributed by atoms with van der Waals surface area (Å²) in [6.07, 6.45) is 3.16. The van der Waals surface area contributed by atoms with E-state index in [1.807, 2.05) is 4.90 Å². The van der Waals surface area contributed by atoms with Gasteiger partial charge in [0.2, 0.25) is 5.91 Å². The van der Waals surface area contributed by atoms with Gasteiger partial charge in [0.1, 0.15) is 0 Å². The molecule has 2 aliphatic heterocycles. The van der Waals surface area contributed by atoms with Crippen molar-refractivity contribution in [3.63, 3.8) is 0 Å². The fourth-order valence-corrected chi connectivity index (χ4v) is 2.71. The number of hydrogen-bond donors (Lipinski definition) is 1. The molecule has 0 radical (unpaired) electrons. The van der Waals surface area contributed by atoms with Gasteiger partial charge in [0.15, 0.2) is 0 Å². The maximum atomic E-state index is 11.9. The Bertz CT molecular complexity index is 274. The molecule has 18 heavy (non-hydrogen) atoms. The van der Waals surface area contributed by atoms with Crippen molar-refractivity contribution in [1.82, 2.24) is 10.2 Å². The number of carbonyl (C=O) groups excluding carboxylic acids is 1. The standard InChI is InChI=1S/C13H22N2O2.ClH/c1-2-5-17-6-3-4-13(16)15-9-11-7-14-8-12(11)10-15;/h2,11-12,14H,1,3-10H2;1H/t11-,12+;. The van der Waals surface area contributed by atoms with Gasteiger partial charge in [-0.1, -0.05) is 6.08 Å². The first kappa shape index (κ1) is 15.5. The van der Waals surface area contributed by atoms with E-state index in [0.29, 0.717) is 37.4 Å². The van der Waals surface area contributed by atoms with Crippen molar-refractivity contribution in [3.8, 4) is 0 Å². The predicted molar refractivity (Wildman–Crippen MR) is 73.9 cm³/mol. The first-order valence-corrected chi connectivity index (χ1v) is 6.48. The monoisotopic (exact) mass is 274 g/mol. The van der Waals surface area contributed by atoms with Gasteiger partial charge in [-0.3, -0.25) is 4.79 Å². The van der Waals surface area contributed by atoms with Crippen LogP contribution < -0.4 is 5.32 Å². The van der Waals surface area contributed by atoms with Crippen LogP contribution in [0.5, 0.6) is 0 Å². The van der Waals surface area contributed by atoms with Crippen molar-refractivity contribution in [3.05, 3.63) is 12.7 Å². The van der Waals surface area contributed by atoms with E-state index in [1.165, 1.54) is 0 Å². The highest BCUT2D eigenvalue weighted by atomic mass is 35.5. The number of fused-ring (bicyclic) bond motifs is 1. The van der Waals surface area contributed by atoms with Gasteiger partial charge in [0.25, 0.3) is 0 Å². The number of hydrogen-bond acceptors (Lipinski definition) is 3. The number of amides is 1. The number of nitrogens with one attached hydrogen (secondary N) is 1. The fraction of sp³-hybridized carbons (Fsp3) is 0.769. The van der Waals surface area contributed by atoms with Crippen LogP contribution >= 0.6 is 12.4 Å². The summed E-state index contributed by atoms with van der Waals surface area (Å²) in [5.74, 6) is 1.67. The molecule has 2 heterocycles. The topological polar surface area (TPSA) is 41.6 Å². The van der Waals surface area contributed by atoms with Crippen molar-refractivity contribution in [2.24, 2.45) is 11.8 Å². The molecule has 0 spiro atoms. The van der Waals surface area contributed by atoms with Gasteiger partial charge >= 0.3 is 0 Å². The lowest BCUT2D eigenvalue weighted by Crippen LogP contribution is -2.31. The lowest BCUT2D eigenvalue weighted by molar-refractivity contribution is -0.130. The number of halogens is 1. The Labute approximate surface area is 115 Å². The molecular weight excluding hydrogens is 252 g/mol. The number of nitrogens with zero attached hydrogens (tertiary/aromatic N) is 1. The minimum Gasteiger partial charge on any atom is -0.377 e. The van der Waals surface area contributed by atoms with Crippen LogP contribution in [0.4, 0.5) is 0 Å². The van der Waals surface area contributed by atoms with Crippen molar-refractivity contribution in [2.45, 2.75) is 12.8 Å². The second-order valence-electron chi connectivity index (χ2n) is 4.94. The van der Waals surface area contributed by atoms with E-state index in [-0.39, 0.29) is 12.4 Å². The summed E-state index contributed by atoms with van der Waals surface area (Å²) in [7, 11) is 0. The van der Waals surface area contributed by atoms with Gasteiger partial charge in [0.05, 0.1) is 6.61 Å². The third kappa shape index (κ3) is 3.97. The van der Waals surface area contributed by atoms with Crippen LogP contribution in [-0.2, 0) is 9.53 Å². The minimum absolute atomic E-state index is 0. The van der Waals surface area contributed by atoms with E-state index >= 15 is 0 Å². The molecule has 0 aliphatic carbocycles. The summed E-state index contributed by atoms with van der Waals surface area (Å²) in [5.41, 5.74) is 0. The highest BCUT2D eigenvalue weighted by Crippen LogP contribution is 2.26. The van der Waals surface area contributed by atoms with Crippen LogP contribution in [0.1, 0.15) is 12.8 Å². The SMILES string of the molecule is C=CCOCCCC(=O)N1C[C@H]2CNC[C@H]2C1.Cl. The lowest BCUT2D eigenvalue weighted by Gasteiger charge is -2.17. The first-order chi connectivity index (χ1) is 8.31. The molecule has 2 fully saturated rings. The quantitative estimate of drug-likeness (QED) is 0.582. The summed E-state index contributed by atoms with van der Waals surface area (Å²) in [4.78, 5) is 14.0. The molecule has 1 amide bonds. The molecule has 2 aliphatic rings. The average Bonchev–Trinajstić information content (AvgIpc) is 2.88. The second-order valence-corrected chi connectivity index (χ2v) is 4.94. The van der Waals surface area contributed by atoms with Crippen molar-refractivity contribution in [2.75, 3.05) is 39.4 Å². The molecule has 0 bridgehead atoms. The van der Waals surface area contributed by atoms with E-state index in [2.05, 4.69) is 11.9 Å². The van der Waals surface area contributed by atoms with Gasteiger partial charge in [-0.15, -0.1) is 19.0 Å². The summed E-state index contributed by atoms with van der Waals surface area (Å²) < 4.78 is 5.27. The number of carbonyl (C=O) groups is 1. The third-order valence-corrected chi connectivity index (χ3v) is 3.66. The Morgan fingerprint density at radius 1 is 1.39 bits per heavy atom. The highest BCUT2D eigenvalue weighted by molar-refractivity contribution is 5.85. The van der Waals surface area contributed by atoms with Crippen LogP contribution in [0.2, 0.25) is 0 Å². The molecule has 0 aromatic heterocycles. The second kappa shape index (κ2) is 7.77. The molecule has 104 valence electrons. The van der Waals surface area contributed by atoms with Gasteiger partial charge in [-0.05, 0) is 18.3 Å². The van der Waals surface area contributed by atoms with Crippen LogP contribution in [0.15, 0.2) is 12.7 Å². The number of ether oxygens (including phenoxy) is 1. The first-order valence-electron chi connectivity index (χ1n) is 6.48. The van der Waals surface area contributed by atoms with Crippen LogP contribution in [0, 0.1) is 11.8 Å². The Morgan fingerprint density at radius 3 is 2.67 bits per heavy atom. The van der Waals surface area contributed by atoms with E-state index < -0.39 is 0 Å². The van der Waals surface area contributed by atoms with Crippen LogP contribution in [-0.4, -0.2) is 50.2 Å². The lowest BCUT2D eigenvalue weighted by atomic mass is 10.0. The molecule has 2 atom stereocenters. The summed E-state index contributed by atoms with van der Waals surface area (Å²) in [5, 5.41) is 3.38. The zero-order chi connectivity index (χ0) is 12.1. The van der Waals surface area contributed by atoms with Gasteiger partial charge in [-0.2, -0.15) is 0 Å². The zero-order valence-electron chi connectivity index (χ0n) is 10.8. The zero-order valence-corrected chi connectivity index (χ0v) is 11.6. The minimum atomic E-state index is 0. The molecule has 0 saturated carbocycles. The van der Waals surface area contributed by atoms with Crippen LogP contribution in [0.3, 0.4) is 0 Å². The Kier molecular flexibility index (Phi) is 6.68. The predicted octanol–water partition coefficient (Wildman–Crippen LogP) is 1.07. The summed E-state index contributed by atoms with van der Waals surface area (Å²) >= 11 is 0. The number of likely N-dealkylation sites (tertiary alicyclic amines) is 1. The summed E-state index contributed by atoms with van der Waals surface area (Å²) in [6, 6.07) is 0. The van der Waals surface area contributed by atoms with E-state index in [1.54, 1.807) is 6.08 Å². The largest absolute Gasteiger partial charge is 0.377 e. The molecule has 2 saturated heterocycles. The molecule has 2 rings (SSSR count). The van der Waals surface area contributed by atoms with Crippen molar-refractivity contribution < 1.29 is 9.53 Å². The molecule has 0 aromatic carbocycles. The third-order valence-electron chi connectivity index (χ3n) is 3.66. The molecule has 1 N–H and O–H groups in total. The van der Waals surface area contributed by atoms with Gasteiger partial charge < -0.3 is 15.0 Å². The summed E-state index contributed by atoms with van der Waals surface area (Å²) in [6.45, 7) is 8.87. The van der Waals surface area contributed by atoms with Gasteiger partial charge in [0, 0.05) is 39.2 Å².